The molecule has 3 N–H and O–H groups in total. The van der Waals surface area contributed by atoms with Gasteiger partial charge in [0.15, 0.2) is 5.01 Å². The van der Waals surface area contributed by atoms with Crippen molar-refractivity contribution in [3.05, 3.63) is 38.4 Å². The van der Waals surface area contributed by atoms with E-state index in [2.05, 4.69) is 4.98 Å². The van der Waals surface area contributed by atoms with Gasteiger partial charge in [0.25, 0.3) is 11.8 Å². The number of nitrogens with zero attached hydrogens (tertiary/aromatic N) is 3. The van der Waals surface area contributed by atoms with Gasteiger partial charge in [-0.05, 0) is 20.8 Å². The number of methoxy groups -OCH3 is 1. The fourth-order valence-electron chi connectivity index (χ4n) is 4.04. The highest BCUT2D eigenvalue weighted by Gasteiger charge is 2.33. The normalized spacial score (nSPS) is 18.4. The van der Waals surface area contributed by atoms with Crippen molar-refractivity contribution in [2.75, 3.05) is 39.9 Å². The van der Waals surface area contributed by atoms with E-state index in [-0.39, 0.29) is 40.3 Å². The Kier molecular flexibility index (Phi) is 9.37. The van der Waals surface area contributed by atoms with E-state index in [4.69, 9.17) is 27.9 Å². The second kappa shape index (κ2) is 11.7. The van der Waals surface area contributed by atoms with Crippen LogP contribution in [-0.2, 0) is 10.3 Å². The lowest BCUT2D eigenvalue weighted by molar-refractivity contribution is -0.00387. The molecule has 1 aliphatic rings. The lowest BCUT2D eigenvalue weighted by atomic mass is 9.96. The summed E-state index contributed by atoms with van der Waals surface area (Å²) >= 11 is 14.1. The molecule has 0 bridgehead atoms. The van der Waals surface area contributed by atoms with Gasteiger partial charge in [-0.15, -0.1) is 11.3 Å². The number of hydrogen-bond acceptors (Lipinski definition) is 8. The molecule has 36 heavy (non-hydrogen) atoms. The first-order valence-corrected chi connectivity index (χ1v) is 13.1. The van der Waals surface area contributed by atoms with Crippen LogP contribution >= 0.6 is 34.5 Å². The molecular weight excluding hydrogens is 529 g/mol. The molecule has 1 saturated heterocycles. The number of benzene rings is 1. The number of aromatic nitrogens is 1. The van der Waals surface area contributed by atoms with Crippen LogP contribution in [0.3, 0.4) is 0 Å². The van der Waals surface area contributed by atoms with Crippen molar-refractivity contribution in [1.82, 2.24) is 14.8 Å². The van der Waals surface area contributed by atoms with Gasteiger partial charge < -0.3 is 29.9 Å². The third-order valence-corrected chi connectivity index (χ3v) is 7.89. The Balaban J connectivity index is 2.11. The van der Waals surface area contributed by atoms with Crippen molar-refractivity contribution in [2.24, 2.45) is 0 Å². The Morgan fingerprint density at radius 1 is 1.22 bits per heavy atom. The molecule has 0 radical (unpaired) electrons. The van der Waals surface area contributed by atoms with Gasteiger partial charge in [-0.25, -0.2) is 4.98 Å². The van der Waals surface area contributed by atoms with Crippen molar-refractivity contribution in [1.29, 1.82) is 0 Å². The minimum Gasteiger partial charge on any atom is -0.391 e. The second-order valence-corrected chi connectivity index (χ2v) is 10.9. The van der Waals surface area contributed by atoms with Gasteiger partial charge in [0, 0.05) is 50.8 Å². The lowest BCUT2D eigenvalue weighted by Crippen LogP contribution is -2.48. The molecule has 1 aliphatic heterocycles. The molecule has 0 unspecified atom stereocenters. The van der Waals surface area contributed by atoms with Gasteiger partial charge in [0.1, 0.15) is 5.69 Å². The van der Waals surface area contributed by atoms with Crippen molar-refractivity contribution >= 4 is 46.4 Å². The Labute approximate surface area is 224 Å². The summed E-state index contributed by atoms with van der Waals surface area (Å²) < 4.78 is 5.12. The Bertz CT molecular complexity index is 1110. The number of hydrogen-bond donors (Lipinski definition) is 3. The molecule has 0 aliphatic carbocycles. The summed E-state index contributed by atoms with van der Waals surface area (Å²) in [5.74, 6) is -0.911. The Morgan fingerprint density at radius 2 is 1.86 bits per heavy atom. The van der Waals surface area contributed by atoms with Crippen LogP contribution in [0.25, 0.3) is 10.4 Å². The highest BCUT2D eigenvalue weighted by Crippen LogP contribution is 2.43. The number of carbonyl (C=O) groups is 2. The molecule has 1 fully saturated rings. The second-order valence-electron chi connectivity index (χ2n) is 9.18. The van der Waals surface area contributed by atoms with E-state index in [9.17, 15) is 24.9 Å². The van der Waals surface area contributed by atoms with E-state index in [0.717, 1.165) is 11.3 Å². The first-order valence-electron chi connectivity index (χ1n) is 11.5. The summed E-state index contributed by atoms with van der Waals surface area (Å²) in [5.41, 5.74) is -0.399. The fourth-order valence-corrected chi connectivity index (χ4v) is 5.81. The van der Waals surface area contributed by atoms with Crippen LogP contribution in [0.15, 0.2) is 12.1 Å². The first-order chi connectivity index (χ1) is 16.9. The van der Waals surface area contributed by atoms with E-state index < -0.39 is 29.6 Å². The number of aliphatic hydroxyl groups is 3. The lowest BCUT2D eigenvalue weighted by Gasteiger charge is -2.32. The average Bonchev–Trinajstić information content (AvgIpc) is 3.24. The van der Waals surface area contributed by atoms with Gasteiger partial charge in [-0.3, -0.25) is 9.59 Å². The number of aliphatic hydroxyl groups excluding tert-OH is 2. The number of halogens is 2. The van der Waals surface area contributed by atoms with Crippen molar-refractivity contribution in [3.63, 3.8) is 0 Å². The number of piperidine rings is 1. The molecule has 0 spiro atoms. The molecule has 12 heteroatoms. The smallest absolute Gasteiger partial charge is 0.283 e. The third-order valence-electron chi connectivity index (χ3n) is 5.93. The minimum atomic E-state index is -1.25. The van der Waals surface area contributed by atoms with Gasteiger partial charge in [-0.1, -0.05) is 35.3 Å². The molecule has 1 aromatic carbocycles. The zero-order valence-corrected chi connectivity index (χ0v) is 23.0. The number of likely N-dealkylation sites (N-methyl/N-ethyl adjacent to an activating group) is 1. The highest BCUT2D eigenvalue weighted by atomic mass is 35.5. The maximum absolute atomic E-state index is 13.5. The van der Waals surface area contributed by atoms with E-state index in [1.54, 1.807) is 30.9 Å². The molecule has 9 nitrogen and oxygen atoms in total. The molecule has 2 heterocycles. The number of ether oxygens (including phenoxy) is 1. The Hall–Kier alpha value is -1.79. The predicted molar refractivity (Wildman–Crippen MR) is 139 cm³/mol. The van der Waals surface area contributed by atoms with E-state index >= 15 is 0 Å². The zero-order valence-electron chi connectivity index (χ0n) is 20.6. The summed E-state index contributed by atoms with van der Waals surface area (Å²) in [5, 5.41) is 30.8. The average molecular weight is 561 g/mol. The number of β-amino-alcohol motifs (C(OH)–C–C–N with tert-alkyl or cyclic N) is 2. The van der Waals surface area contributed by atoms with Crippen LogP contribution in [0, 0.1) is 0 Å². The summed E-state index contributed by atoms with van der Waals surface area (Å²) in [7, 11) is 1.54. The quantitative estimate of drug-likeness (QED) is 0.454. The summed E-state index contributed by atoms with van der Waals surface area (Å²) in [4.78, 5) is 34.4. The summed E-state index contributed by atoms with van der Waals surface area (Å²) in [6.07, 6.45) is -1.53. The van der Waals surface area contributed by atoms with Gasteiger partial charge in [0.2, 0.25) is 0 Å². The molecule has 2 atom stereocenters. The maximum atomic E-state index is 13.5. The van der Waals surface area contributed by atoms with Gasteiger partial charge >= 0.3 is 0 Å². The zero-order chi connectivity index (χ0) is 26.8. The number of thiazole rings is 1. The van der Waals surface area contributed by atoms with Crippen LogP contribution in [0.1, 0.15) is 53.0 Å². The molecule has 1 aromatic heterocycles. The van der Waals surface area contributed by atoms with Crippen LogP contribution in [-0.4, -0.2) is 94.0 Å². The van der Waals surface area contributed by atoms with Crippen LogP contribution in [0.5, 0.6) is 0 Å². The molecule has 3 rings (SSSR count). The van der Waals surface area contributed by atoms with Crippen LogP contribution < -0.4 is 0 Å². The number of likely N-dealkylation sites (tertiary alicyclic amines) is 1. The monoisotopic (exact) mass is 559 g/mol. The van der Waals surface area contributed by atoms with Crippen LogP contribution in [0.4, 0.5) is 0 Å². The summed E-state index contributed by atoms with van der Waals surface area (Å²) in [6, 6.07) is 3.26. The standard InChI is InChI=1S/C24H31Cl2N3O6S/c1-5-28(8-9-35-4)22(32)19-20(15-6-7-16(24(2,3)34)18(26)17(15)25)36-21(27-19)23(33)29-11-13(30)10-14(31)12-29/h6-7,13-14,30-31,34H,5,8-12H2,1-4H3/t13-,14+. The van der Waals surface area contributed by atoms with Gasteiger partial charge in [0.05, 0.1) is 39.3 Å². The van der Waals surface area contributed by atoms with Crippen LogP contribution in [0.2, 0.25) is 10.0 Å². The van der Waals surface area contributed by atoms with Gasteiger partial charge in [-0.2, -0.15) is 0 Å². The van der Waals surface area contributed by atoms with Crippen molar-refractivity contribution in [3.8, 4) is 10.4 Å². The maximum Gasteiger partial charge on any atom is 0.283 e. The third kappa shape index (κ3) is 6.19. The van der Waals surface area contributed by atoms with Crippen molar-refractivity contribution in [2.45, 2.75) is 45.0 Å². The van der Waals surface area contributed by atoms with Crippen molar-refractivity contribution < 1.29 is 29.6 Å². The minimum absolute atomic E-state index is 0.0243. The fraction of sp³-hybridized carbons (Fsp3) is 0.542. The molecule has 2 amide bonds. The summed E-state index contributed by atoms with van der Waals surface area (Å²) in [6.45, 7) is 6.12. The Morgan fingerprint density at radius 3 is 2.42 bits per heavy atom. The molecule has 0 saturated carbocycles. The molecule has 2 aromatic rings. The number of rotatable bonds is 8. The number of carbonyl (C=O) groups excluding carboxylic acids is 2. The molecule has 198 valence electrons. The number of amides is 2. The predicted octanol–water partition coefficient (Wildman–Crippen LogP) is 3.02. The SMILES string of the molecule is CCN(CCOC)C(=O)c1nc(C(=O)N2C[C@H](O)C[C@H](O)C2)sc1-c1ccc(C(C)(C)O)c(Cl)c1Cl. The van der Waals surface area contributed by atoms with E-state index in [0.29, 0.717) is 35.7 Å². The highest BCUT2D eigenvalue weighted by molar-refractivity contribution is 7.17. The first kappa shape index (κ1) is 28.8. The van der Waals surface area contributed by atoms with E-state index in [1.807, 2.05) is 6.92 Å². The largest absolute Gasteiger partial charge is 0.391 e. The topological polar surface area (TPSA) is 123 Å². The molecular formula is C24H31Cl2N3O6S. The van der Waals surface area contributed by atoms with E-state index in [1.165, 1.54) is 12.0 Å².